The number of rotatable bonds is 4. The van der Waals surface area contributed by atoms with Gasteiger partial charge in [-0.25, -0.2) is 4.68 Å². The number of non-ortho nitro benzene ring substituents is 1. The molecule has 0 aliphatic rings. The van der Waals surface area contributed by atoms with Crippen molar-refractivity contribution in [3.8, 4) is 5.69 Å². The van der Waals surface area contributed by atoms with Gasteiger partial charge in [0.1, 0.15) is 5.82 Å². The first kappa shape index (κ1) is 17.3. The van der Waals surface area contributed by atoms with E-state index in [2.05, 4.69) is 10.4 Å². The number of benzene rings is 2. The third-order valence-electron chi connectivity index (χ3n) is 4.02. The second-order valence-electron chi connectivity index (χ2n) is 6.13. The van der Waals surface area contributed by atoms with Gasteiger partial charge in [-0.3, -0.25) is 14.9 Å². The van der Waals surface area contributed by atoms with Gasteiger partial charge in [-0.2, -0.15) is 5.10 Å². The number of anilines is 1. The van der Waals surface area contributed by atoms with Gasteiger partial charge in [-0.15, -0.1) is 0 Å². The van der Waals surface area contributed by atoms with Crippen molar-refractivity contribution >= 4 is 17.4 Å². The van der Waals surface area contributed by atoms with Crippen molar-refractivity contribution < 1.29 is 9.72 Å². The number of amides is 1. The number of hydrogen-bond donors (Lipinski definition) is 1. The molecule has 1 amide bonds. The molecule has 1 N–H and O–H groups in total. The number of nitro benzene ring substituents is 1. The summed E-state index contributed by atoms with van der Waals surface area (Å²) in [5.74, 6) is 0.275. The van der Waals surface area contributed by atoms with Crippen LogP contribution < -0.4 is 5.32 Å². The number of aryl methyl sites for hydroxylation is 3. The summed E-state index contributed by atoms with van der Waals surface area (Å²) < 4.78 is 1.56. The summed E-state index contributed by atoms with van der Waals surface area (Å²) in [7, 11) is 0. The fourth-order valence-corrected chi connectivity index (χ4v) is 2.67. The molecular weight excluding hydrogens is 332 g/mol. The molecule has 0 saturated carbocycles. The van der Waals surface area contributed by atoms with Crippen LogP contribution >= 0.6 is 0 Å². The van der Waals surface area contributed by atoms with Crippen LogP contribution in [0, 0.1) is 30.9 Å². The van der Waals surface area contributed by atoms with Crippen molar-refractivity contribution in [3.63, 3.8) is 0 Å². The molecule has 2 aromatic carbocycles. The van der Waals surface area contributed by atoms with Gasteiger partial charge >= 0.3 is 0 Å². The molecule has 7 nitrogen and oxygen atoms in total. The number of carbonyl (C=O) groups excluding carboxylic acids is 1. The highest BCUT2D eigenvalue weighted by molar-refractivity contribution is 6.05. The lowest BCUT2D eigenvalue weighted by atomic mass is 10.1. The number of nitrogens with zero attached hydrogens (tertiary/aromatic N) is 3. The Hall–Kier alpha value is -3.48. The largest absolute Gasteiger partial charge is 0.306 e. The predicted octanol–water partition coefficient (Wildman–Crippen LogP) is 3.96. The molecule has 0 unspecified atom stereocenters. The predicted molar refractivity (Wildman–Crippen MR) is 98.8 cm³/mol. The molecule has 26 heavy (non-hydrogen) atoms. The first-order chi connectivity index (χ1) is 12.3. The fourth-order valence-electron chi connectivity index (χ4n) is 2.67. The monoisotopic (exact) mass is 350 g/mol. The summed E-state index contributed by atoms with van der Waals surface area (Å²) in [5.41, 5.74) is 3.82. The van der Waals surface area contributed by atoms with Crippen molar-refractivity contribution in [2.45, 2.75) is 20.8 Å². The molecule has 3 aromatic rings. The average Bonchev–Trinajstić information content (AvgIpc) is 2.97. The van der Waals surface area contributed by atoms with Crippen LogP contribution in [-0.4, -0.2) is 20.6 Å². The van der Waals surface area contributed by atoms with Gasteiger partial charge in [-0.05, 0) is 44.5 Å². The molecule has 0 atom stereocenters. The topological polar surface area (TPSA) is 90.1 Å². The van der Waals surface area contributed by atoms with Crippen LogP contribution in [0.5, 0.6) is 0 Å². The van der Waals surface area contributed by atoms with E-state index in [9.17, 15) is 14.9 Å². The zero-order chi connectivity index (χ0) is 18.8. The molecule has 0 radical (unpaired) electrons. The van der Waals surface area contributed by atoms with E-state index in [1.165, 1.54) is 12.1 Å². The van der Waals surface area contributed by atoms with E-state index < -0.39 is 4.92 Å². The Bertz CT molecular complexity index is 991. The van der Waals surface area contributed by atoms with E-state index in [1.54, 1.807) is 22.9 Å². The van der Waals surface area contributed by atoms with E-state index in [0.717, 1.165) is 16.8 Å². The van der Waals surface area contributed by atoms with E-state index in [4.69, 9.17) is 0 Å². The van der Waals surface area contributed by atoms with Gasteiger partial charge in [0.05, 0.1) is 16.3 Å². The molecule has 0 aliphatic carbocycles. The van der Waals surface area contributed by atoms with E-state index in [1.807, 2.05) is 39.0 Å². The van der Waals surface area contributed by atoms with Crippen LogP contribution in [0.25, 0.3) is 5.69 Å². The van der Waals surface area contributed by atoms with Gasteiger partial charge < -0.3 is 5.32 Å². The maximum absolute atomic E-state index is 12.7. The Balaban J connectivity index is 1.93. The quantitative estimate of drug-likeness (QED) is 0.570. The highest BCUT2D eigenvalue weighted by Crippen LogP contribution is 2.21. The first-order valence-electron chi connectivity index (χ1n) is 8.05. The molecule has 0 spiro atoms. The van der Waals surface area contributed by atoms with Crippen LogP contribution in [0.3, 0.4) is 0 Å². The van der Waals surface area contributed by atoms with Crippen LogP contribution in [0.15, 0.2) is 48.5 Å². The standard InChI is InChI=1S/C19H18N4O3/c1-12-4-5-13(2)17(10-12)19(24)20-18-11-14(3)21-22(18)15-6-8-16(9-7-15)23(25)26/h4-11H,1-3H3,(H,20,24). The number of nitro groups is 1. The van der Waals surface area contributed by atoms with E-state index in [0.29, 0.717) is 17.1 Å². The van der Waals surface area contributed by atoms with Crippen molar-refractivity contribution in [2.75, 3.05) is 5.32 Å². The number of nitrogens with one attached hydrogen (secondary N) is 1. The lowest BCUT2D eigenvalue weighted by Gasteiger charge is -2.11. The molecule has 7 heteroatoms. The van der Waals surface area contributed by atoms with Crippen LogP contribution in [0.4, 0.5) is 11.5 Å². The van der Waals surface area contributed by atoms with Gasteiger partial charge in [0.25, 0.3) is 11.6 Å². The summed E-state index contributed by atoms with van der Waals surface area (Å²) in [6.07, 6.45) is 0. The maximum Gasteiger partial charge on any atom is 0.269 e. The second-order valence-corrected chi connectivity index (χ2v) is 6.13. The molecule has 0 saturated heterocycles. The van der Waals surface area contributed by atoms with Crippen molar-refractivity contribution in [2.24, 2.45) is 0 Å². The minimum atomic E-state index is -0.457. The van der Waals surface area contributed by atoms with Crippen LogP contribution in [-0.2, 0) is 0 Å². The summed E-state index contributed by atoms with van der Waals surface area (Å²) in [4.78, 5) is 23.0. The molecule has 3 rings (SSSR count). The number of aromatic nitrogens is 2. The molecule has 132 valence electrons. The highest BCUT2D eigenvalue weighted by atomic mass is 16.6. The van der Waals surface area contributed by atoms with Crippen molar-refractivity contribution in [1.29, 1.82) is 0 Å². The Morgan fingerprint density at radius 2 is 1.77 bits per heavy atom. The zero-order valence-electron chi connectivity index (χ0n) is 14.7. The van der Waals surface area contributed by atoms with Gasteiger partial charge in [0.15, 0.2) is 0 Å². The third kappa shape index (κ3) is 3.46. The Kier molecular flexibility index (Phi) is 4.53. The van der Waals surface area contributed by atoms with Crippen LogP contribution in [0.2, 0.25) is 0 Å². The normalized spacial score (nSPS) is 10.6. The van der Waals surface area contributed by atoms with Gasteiger partial charge in [0.2, 0.25) is 0 Å². The number of hydrogen-bond acceptors (Lipinski definition) is 4. The molecular formula is C19H18N4O3. The molecule has 1 heterocycles. The van der Waals surface area contributed by atoms with E-state index in [-0.39, 0.29) is 11.6 Å². The highest BCUT2D eigenvalue weighted by Gasteiger charge is 2.15. The zero-order valence-corrected chi connectivity index (χ0v) is 14.7. The summed E-state index contributed by atoms with van der Waals surface area (Å²) in [6.45, 7) is 5.63. The molecule has 0 aliphatic heterocycles. The summed E-state index contributed by atoms with van der Waals surface area (Å²) in [6, 6.07) is 13.5. The fraction of sp³-hybridized carbons (Fsp3) is 0.158. The Labute approximate surface area is 150 Å². The lowest BCUT2D eigenvalue weighted by Crippen LogP contribution is -2.16. The van der Waals surface area contributed by atoms with Gasteiger partial charge in [-0.1, -0.05) is 17.7 Å². The van der Waals surface area contributed by atoms with Crippen molar-refractivity contribution in [3.05, 3.63) is 81.0 Å². The van der Waals surface area contributed by atoms with Crippen molar-refractivity contribution in [1.82, 2.24) is 9.78 Å². The SMILES string of the molecule is Cc1ccc(C)c(C(=O)Nc2cc(C)nn2-c2ccc([N+](=O)[O-])cc2)c1. The average molecular weight is 350 g/mol. The molecule has 0 bridgehead atoms. The minimum absolute atomic E-state index is 0.00130. The Morgan fingerprint density at radius 3 is 2.42 bits per heavy atom. The smallest absolute Gasteiger partial charge is 0.269 e. The molecule has 0 fully saturated rings. The first-order valence-corrected chi connectivity index (χ1v) is 8.05. The van der Waals surface area contributed by atoms with Gasteiger partial charge in [0, 0.05) is 23.8 Å². The second kappa shape index (κ2) is 6.79. The summed E-state index contributed by atoms with van der Waals surface area (Å²) in [5, 5.41) is 18.1. The van der Waals surface area contributed by atoms with Crippen LogP contribution in [0.1, 0.15) is 27.2 Å². The maximum atomic E-state index is 12.7. The van der Waals surface area contributed by atoms with E-state index >= 15 is 0 Å². The summed E-state index contributed by atoms with van der Waals surface area (Å²) >= 11 is 0. The lowest BCUT2D eigenvalue weighted by molar-refractivity contribution is -0.384. The molecule has 1 aromatic heterocycles. The Morgan fingerprint density at radius 1 is 1.08 bits per heavy atom. The minimum Gasteiger partial charge on any atom is -0.306 e. The number of carbonyl (C=O) groups is 1. The third-order valence-corrected chi connectivity index (χ3v) is 4.02.